The maximum Gasteiger partial charge on any atom is 0.267 e. The van der Waals surface area contributed by atoms with Crippen molar-refractivity contribution in [2.75, 3.05) is 5.75 Å². The summed E-state index contributed by atoms with van der Waals surface area (Å²) < 4.78 is 1.74. The first-order chi connectivity index (χ1) is 15.5. The van der Waals surface area contributed by atoms with Crippen LogP contribution in [0.5, 0.6) is 0 Å². The van der Waals surface area contributed by atoms with Gasteiger partial charge in [-0.15, -0.1) is 11.3 Å². The number of fused-ring (bicyclic) bond motifs is 3. The van der Waals surface area contributed by atoms with Crippen LogP contribution in [0.3, 0.4) is 0 Å². The van der Waals surface area contributed by atoms with Gasteiger partial charge < -0.3 is 5.32 Å². The Kier molecular flexibility index (Phi) is 6.12. The van der Waals surface area contributed by atoms with Gasteiger partial charge in [-0.05, 0) is 69.6 Å². The van der Waals surface area contributed by atoms with Crippen molar-refractivity contribution in [1.29, 1.82) is 0 Å². The molecule has 1 fully saturated rings. The summed E-state index contributed by atoms with van der Waals surface area (Å²) in [7, 11) is 0. The van der Waals surface area contributed by atoms with E-state index in [9.17, 15) is 9.59 Å². The first-order valence-corrected chi connectivity index (χ1v) is 13.4. The summed E-state index contributed by atoms with van der Waals surface area (Å²) in [5.41, 5.74) is 4.24. The van der Waals surface area contributed by atoms with E-state index in [0.29, 0.717) is 11.2 Å². The van der Waals surface area contributed by atoms with Crippen molar-refractivity contribution >= 4 is 39.2 Å². The van der Waals surface area contributed by atoms with Crippen LogP contribution in [0.2, 0.25) is 0 Å². The summed E-state index contributed by atoms with van der Waals surface area (Å²) in [6.45, 7) is 4.09. The fraction of sp³-hybridized carbons (Fsp3) is 0.480. The van der Waals surface area contributed by atoms with Crippen LogP contribution >= 0.6 is 23.1 Å². The Hall–Kier alpha value is -2.12. The molecule has 0 radical (unpaired) electrons. The van der Waals surface area contributed by atoms with Gasteiger partial charge >= 0.3 is 0 Å². The molecule has 0 bridgehead atoms. The lowest BCUT2D eigenvalue weighted by atomic mass is 9.97. The monoisotopic (exact) mass is 467 g/mol. The molecule has 0 atom stereocenters. The topological polar surface area (TPSA) is 64.0 Å². The molecule has 1 N–H and O–H groups in total. The molecule has 1 amide bonds. The van der Waals surface area contributed by atoms with Crippen molar-refractivity contribution in [1.82, 2.24) is 14.9 Å². The molecule has 1 saturated carbocycles. The number of hydrogen-bond acceptors (Lipinski definition) is 5. The van der Waals surface area contributed by atoms with E-state index in [0.717, 1.165) is 59.1 Å². The molecule has 2 aliphatic carbocycles. The number of rotatable bonds is 5. The fourth-order valence-corrected chi connectivity index (χ4v) is 7.14. The number of carbonyl (C=O) groups is 1. The van der Waals surface area contributed by atoms with E-state index in [2.05, 4.69) is 18.3 Å². The van der Waals surface area contributed by atoms with Gasteiger partial charge in [-0.2, -0.15) is 0 Å². The third-order valence-corrected chi connectivity index (χ3v) is 8.73. The molecule has 1 aromatic carbocycles. The number of hydrogen-bond donors (Lipinski definition) is 1. The highest BCUT2D eigenvalue weighted by Crippen LogP contribution is 2.35. The number of aromatic nitrogens is 2. The van der Waals surface area contributed by atoms with Gasteiger partial charge in [0.2, 0.25) is 5.91 Å². The highest BCUT2D eigenvalue weighted by atomic mass is 32.2. The molecule has 2 aliphatic rings. The normalized spacial score (nSPS) is 16.4. The molecule has 2 heterocycles. The standard InChI is InChI=1S/C25H29N3O2S2/c1-15-11-12-19(16(2)13-15)28-24(30)22-18-9-5-6-10-20(18)32-23(22)27-25(28)31-14-21(29)26-17-7-3-4-8-17/h11-13,17H,3-10,14H2,1-2H3,(H,26,29). The summed E-state index contributed by atoms with van der Waals surface area (Å²) >= 11 is 3.03. The Balaban J connectivity index is 1.57. The summed E-state index contributed by atoms with van der Waals surface area (Å²) in [5.74, 6) is 0.290. The van der Waals surface area contributed by atoms with Crippen molar-refractivity contribution in [3.05, 3.63) is 50.1 Å². The number of nitrogens with one attached hydrogen (secondary N) is 1. The van der Waals surface area contributed by atoms with E-state index in [1.165, 1.54) is 41.5 Å². The summed E-state index contributed by atoms with van der Waals surface area (Å²) in [6.07, 6.45) is 8.79. The molecule has 168 valence electrons. The lowest BCUT2D eigenvalue weighted by Gasteiger charge is -2.16. The van der Waals surface area contributed by atoms with Crippen molar-refractivity contribution in [3.8, 4) is 5.69 Å². The average Bonchev–Trinajstić information content (AvgIpc) is 3.40. The van der Waals surface area contributed by atoms with Gasteiger partial charge in [-0.25, -0.2) is 4.98 Å². The number of carbonyl (C=O) groups excluding carboxylic acids is 1. The second-order valence-corrected chi connectivity index (χ2v) is 11.1. The van der Waals surface area contributed by atoms with Crippen molar-refractivity contribution < 1.29 is 4.79 Å². The zero-order chi connectivity index (χ0) is 22.2. The van der Waals surface area contributed by atoms with Gasteiger partial charge in [-0.1, -0.05) is 42.3 Å². The Morgan fingerprint density at radius 3 is 2.75 bits per heavy atom. The molecule has 3 aromatic rings. The van der Waals surface area contributed by atoms with Crippen molar-refractivity contribution in [3.63, 3.8) is 0 Å². The zero-order valence-electron chi connectivity index (χ0n) is 18.7. The number of nitrogens with zero attached hydrogens (tertiary/aromatic N) is 2. The van der Waals surface area contributed by atoms with Gasteiger partial charge in [0, 0.05) is 10.9 Å². The van der Waals surface area contributed by atoms with Gasteiger partial charge in [-0.3, -0.25) is 14.2 Å². The second kappa shape index (κ2) is 9.02. The predicted molar refractivity (Wildman–Crippen MR) is 132 cm³/mol. The third kappa shape index (κ3) is 4.13. The summed E-state index contributed by atoms with van der Waals surface area (Å²) in [6, 6.07) is 6.42. The van der Waals surface area contributed by atoms with Crippen LogP contribution in [0, 0.1) is 13.8 Å². The predicted octanol–water partition coefficient (Wildman–Crippen LogP) is 5.09. The van der Waals surface area contributed by atoms with Gasteiger partial charge in [0.25, 0.3) is 5.56 Å². The van der Waals surface area contributed by atoms with E-state index >= 15 is 0 Å². The molecule has 0 aliphatic heterocycles. The Labute approximate surface area is 196 Å². The Morgan fingerprint density at radius 2 is 1.97 bits per heavy atom. The Morgan fingerprint density at radius 1 is 1.19 bits per heavy atom. The Bertz CT molecular complexity index is 1240. The molecular weight excluding hydrogens is 438 g/mol. The highest BCUT2D eigenvalue weighted by Gasteiger charge is 2.24. The largest absolute Gasteiger partial charge is 0.353 e. The smallest absolute Gasteiger partial charge is 0.267 e. The molecule has 0 unspecified atom stereocenters. The number of benzene rings is 1. The van der Waals surface area contributed by atoms with Crippen LogP contribution in [0.1, 0.15) is 60.1 Å². The molecule has 0 saturated heterocycles. The lowest BCUT2D eigenvalue weighted by molar-refractivity contribution is -0.119. The molecule has 7 heteroatoms. The SMILES string of the molecule is Cc1ccc(-n2c(SCC(=O)NC3CCCC3)nc3sc4c(c3c2=O)CCCC4)c(C)c1. The minimum absolute atomic E-state index is 0.0000501. The second-order valence-electron chi connectivity index (χ2n) is 9.05. The summed E-state index contributed by atoms with van der Waals surface area (Å²) in [4.78, 5) is 33.5. The minimum Gasteiger partial charge on any atom is -0.353 e. The summed E-state index contributed by atoms with van der Waals surface area (Å²) in [5, 5.41) is 4.53. The lowest BCUT2D eigenvalue weighted by Crippen LogP contribution is -2.34. The van der Waals surface area contributed by atoms with Crippen LogP contribution in [-0.4, -0.2) is 27.3 Å². The maximum atomic E-state index is 13.9. The number of thiophene rings is 1. The fourth-order valence-electron chi connectivity index (χ4n) is 5.02. The third-order valence-electron chi connectivity index (χ3n) is 6.60. The zero-order valence-corrected chi connectivity index (χ0v) is 20.3. The van der Waals surface area contributed by atoms with Crippen LogP contribution < -0.4 is 10.9 Å². The molecule has 32 heavy (non-hydrogen) atoms. The highest BCUT2D eigenvalue weighted by molar-refractivity contribution is 7.99. The average molecular weight is 468 g/mol. The van der Waals surface area contributed by atoms with E-state index in [1.54, 1.807) is 15.9 Å². The molecule has 2 aromatic heterocycles. The first-order valence-electron chi connectivity index (χ1n) is 11.6. The molecule has 0 spiro atoms. The first kappa shape index (κ1) is 21.7. The van der Waals surface area contributed by atoms with Crippen LogP contribution in [0.15, 0.2) is 28.2 Å². The van der Waals surface area contributed by atoms with Crippen LogP contribution in [0.25, 0.3) is 15.9 Å². The van der Waals surface area contributed by atoms with E-state index in [1.807, 2.05) is 19.1 Å². The van der Waals surface area contributed by atoms with Gasteiger partial charge in [0.15, 0.2) is 5.16 Å². The van der Waals surface area contributed by atoms with Gasteiger partial charge in [0.1, 0.15) is 4.83 Å². The number of aryl methyl sites for hydroxylation is 4. The van der Waals surface area contributed by atoms with Crippen molar-refractivity contribution in [2.24, 2.45) is 0 Å². The number of thioether (sulfide) groups is 1. The van der Waals surface area contributed by atoms with E-state index in [-0.39, 0.29) is 17.2 Å². The quantitative estimate of drug-likeness (QED) is 0.419. The van der Waals surface area contributed by atoms with E-state index in [4.69, 9.17) is 4.98 Å². The van der Waals surface area contributed by atoms with E-state index < -0.39 is 0 Å². The van der Waals surface area contributed by atoms with Crippen molar-refractivity contribution in [2.45, 2.75) is 76.4 Å². The molecular formula is C25H29N3O2S2. The van der Waals surface area contributed by atoms with Crippen LogP contribution in [0.4, 0.5) is 0 Å². The van der Waals surface area contributed by atoms with Crippen LogP contribution in [-0.2, 0) is 17.6 Å². The molecule has 5 nitrogen and oxygen atoms in total. The number of amides is 1. The minimum atomic E-state index is 0.0000501. The maximum absolute atomic E-state index is 13.9. The molecule has 5 rings (SSSR count). The van der Waals surface area contributed by atoms with Gasteiger partial charge in [0.05, 0.1) is 16.8 Å².